The van der Waals surface area contributed by atoms with Crippen molar-refractivity contribution in [1.82, 2.24) is 29.5 Å². The molecule has 0 aliphatic carbocycles. The van der Waals surface area contributed by atoms with Gasteiger partial charge in [-0.25, -0.2) is 4.98 Å². The molecular formula is C26H25ClF6N8O. The van der Waals surface area contributed by atoms with Gasteiger partial charge >= 0.3 is 12.5 Å². The second-order valence-corrected chi connectivity index (χ2v) is 11.9. The third-order valence-electron chi connectivity index (χ3n) is 8.23. The fraction of sp³-hybridized carbons (Fsp3) is 0.500. The molecule has 42 heavy (non-hydrogen) atoms. The summed E-state index contributed by atoms with van der Waals surface area (Å²) in [5.41, 5.74) is 1.66. The SMILES string of the molecule is FC(F)(F)CN1CC(N2Cc3cc(Cl)ccc3-n3c(nnc3N3CC4(CN(c5ncccc5OC(F)(F)F)C4)C3)C2)C1. The molecular weight excluding hydrogens is 590 g/mol. The van der Waals surface area contributed by atoms with Gasteiger partial charge in [0.2, 0.25) is 5.95 Å². The average Bonchev–Trinajstić information content (AvgIpc) is 3.14. The first-order valence-electron chi connectivity index (χ1n) is 13.3. The van der Waals surface area contributed by atoms with Crippen molar-refractivity contribution in [2.24, 2.45) is 5.41 Å². The Morgan fingerprint density at radius 1 is 0.952 bits per heavy atom. The lowest BCUT2D eigenvalue weighted by atomic mass is 9.73. The number of aromatic nitrogens is 4. The number of rotatable bonds is 5. The lowest BCUT2D eigenvalue weighted by Gasteiger charge is -2.60. The van der Waals surface area contributed by atoms with E-state index in [0.29, 0.717) is 69.2 Å². The Morgan fingerprint density at radius 2 is 1.69 bits per heavy atom. The second kappa shape index (κ2) is 9.61. The molecule has 9 nitrogen and oxygen atoms in total. The van der Waals surface area contributed by atoms with Crippen molar-refractivity contribution in [3.05, 3.63) is 52.9 Å². The first kappa shape index (κ1) is 27.5. The van der Waals surface area contributed by atoms with Gasteiger partial charge in [-0.3, -0.25) is 14.4 Å². The fourth-order valence-corrected chi connectivity index (χ4v) is 6.67. The summed E-state index contributed by atoms with van der Waals surface area (Å²) in [6, 6.07) is 8.15. The predicted molar refractivity (Wildman–Crippen MR) is 140 cm³/mol. The standard InChI is InChI=1S/C26H25ClF6N8O/c27-17-3-4-19-16(6-17)7-38(18-8-37(9-18)15-25(28,29)30)10-21-35-36-23(41(19)21)40-13-24(14-40)11-39(12-24)22-20(2-1-5-34-22)42-26(31,32)33/h1-6,18H,7-15H2. The van der Waals surface area contributed by atoms with Crippen LogP contribution in [-0.4, -0.2) is 93.9 Å². The highest BCUT2D eigenvalue weighted by molar-refractivity contribution is 6.30. The molecule has 0 atom stereocenters. The number of pyridine rings is 1. The summed E-state index contributed by atoms with van der Waals surface area (Å²) in [6.45, 7) is 2.92. The van der Waals surface area contributed by atoms with Crippen molar-refractivity contribution < 1.29 is 31.1 Å². The highest BCUT2D eigenvalue weighted by atomic mass is 35.5. The summed E-state index contributed by atoms with van der Waals surface area (Å²) < 4.78 is 83.3. The summed E-state index contributed by atoms with van der Waals surface area (Å²) >= 11 is 6.33. The van der Waals surface area contributed by atoms with Crippen LogP contribution < -0.4 is 14.5 Å². The van der Waals surface area contributed by atoms with Crippen molar-refractivity contribution in [3.8, 4) is 11.4 Å². The van der Waals surface area contributed by atoms with E-state index >= 15 is 0 Å². The predicted octanol–water partition coefficient (Wildman–Crippen LogP) is 4.10. The van der Waals surface area contributed by atoms with Crippen molar-refractivity contribution in [1.29, 1.82) is 0 Å². The highest BCUT2D eigenvalue weighted by Crippen LogP contribution is 2.46. The van der Waals surface area contributed by atoms with Gasteiger partial charge in [0.05, 0.1) is 18.8 Å². The van der Waals surface area contributed by atoms with Crippen LogP contribution >= 0.6 is 11.6 Å². The summed E-state index contributed by atoms with van der Waals surface area (Å²) in [5, 5.41) is 9.51. The largest absolute Gasteiger partial charge is 0.573 e. The smallest absolute Gasteiger partial charge is 0.402 e. The minimum absolute atomic E-state index is 0.0584. The van der Waals surface area contributed by atoms with E-state index in [1.54, 1.807) is 11.0 Å². The van der Waals surface area contributed by atoms with Gasteiger partial charge in [-0.1, -0.05) is 11.6 Å². The fourth-order valence-electron chi connectivity index (χ4n) is 6.47. The normalized spacial score (nSPS) is 20.8. The third-order valence-corrected chi connectivity index (χ3v) is 8.47. The molecule has 1 aromatic carbocycles. The van der Waals surface area contributed by atoms with Gasteiger partial charge in [-0.05, 0) is 35.9 Å². The van der Waals surface area contributed by atoms with Gasteiger partial charge in [0.25, 0.3) is 0 Å². The number of hydrogen-bond donors (Lipinski definition) is 0. The molecule has 3 saturated heterocycles. The number of benzene rings is 1. The van der Waals surface area contributed by atoms with Crippen molar-refractivity contribution >= 4 is 23.4 Å². The van der Waals surface area contributed by atoms with Crippen LogP contribution in [0.4, 0.5) is 38.1 Å². The van der Waals surface area contributed by atoms with Crippen LogP contribution in [0, 0.1) is 5.41 Å². The zero-order chi connectivity index (χ0) is 29.4. The molecule has 0 unspecified atom stereocenters. The van der Waals surface area contributed by atoms with E-state index < -0.39 is 19.1 Å². The number of ether oxygens (including phenoxy) is 1. The van der Waals surface area contributed by atoms with E-state index in [2.05, 4.69) is 29.7 Å². The average molecular weight is 615 g/mol. The molecule has 6 heterocycles. The minimum atomic E-state index is -4.81. The van der Waals surface area contributed by atoms with Crippen LogP contribution in [0.2, 0.25) is 5.02 Å². The Labute approximate surface area is 241 Å². The Hall–Kier alpha value is -3.30. The van der Waals surface area contributed by atoms with E-state index in [4.69, 9.17) is 11.6 Å². The van der Waals surface area contributed by atoms with Gasteiger partial charge in [-0.2, -0.15) is 13.2 Å². The van der Waals surface area contributed by atoms with E-state index in [1.807, 2.05) is 16.7 Å². The molecule has 3 aromatic rings. The molecule has 0 radical (unpaired) electrons. The van der Waals surface area contributed by atoms with Crippen LogP contribution in [0.3, 0.4) is 0 Å². The van der Waals surface area contributed by atoms with E-state index in [9.17, 15) is 26.3 Å². The Balaban J connectivity index is 1.07. The maximum absolute atomic E-state index is 12.9. The van der Waals surface area contributed by atoms with Crippen LogP contribution in [0.5, 0.6) is 5.75 Å². The molecule has 0 saturated carbocycles. The molecule has 0 N–H and O–H groups in total. The highest BCUT2D eigenvalue weighted by Gasteiger charge is 2.54. The summed E-state index contributed by atoms with van der Waals surface area (Å²) in [7, 11) is 0. The van der Waals surface area contributed by atoms with Crippen molar-refractivity contribution in [2.45, 2.75) is 31.7 Å². The summed E-state index contributed by atoms with van der Waals surface area (Å²) in [5.74, 6) is 1.15. The number of anilines is 2. The van der Waals surface area contributed by atoms with Gasteiger partial charge in [0, 0.05) is 68.5 Å². The van der Waals surface area contributed by atoms with Crippen molar-refractivity contribution in [3.63, 3.8) is 0 Å². The number of fused-ring (bicyclic) bond motifs is 3. The Bertz CT molecular complexity index is 1490. The molecule has 4 aliphatic rings. The maximum Gasteiger partial charge on any atom is 0.573 e. The van der Waals surface area contributed by atoms with Crippen LogP contribution in [0.15, 0.2) is 36.5 Å². The molecule has 16 heteroatoms. The first-order chi connectivity index (χ1) is 19.8. The summed E-state index contributed by atoms with van der Waals surface area (Å²) in [6.07, 6.45) is -7.61. The molecule has 0 bridgehead atoms. The van der Waals surface area contributed by atoms with Crippen LogP contribution in [0.1, 0.15) is 11.4 Å². The zero-order valence-corrected chi connectivity index (χ0v) is 22.8. The minimum Gasteiger partial charge on any atom is -0.402 e. The number of hydrogen-bond acceptors (Lipinski definition) is 8. The van der Waals surface area contributed by atoms with Gasteiger partial charge in [-0.15, -0.1) is 23.4 Å². The number of alkyl halides is 6. The monoisotopic (exact) mass is 614 g/mol. The van der Waals surface area contributed by atoms with Gasteiger partial charge in [0.15, 0.2) is 17.4 Å². The molecule has 1 spiro atoms. The second-order valence-electron chi connectivity index (χ2n) is 11.5. The lowest BCUT2D eigenvalue weighted by Crippen LogP contribution is -2.73. The quantitative estimate of drug-likeness (QED) is 0.398. The Morgan fingerprint density at radius 3 is 2.40 bits per heavy atom. The van der Waals surface area contributed by atoms with Crippen molar-refractivity contribution in [2.75, 3.05) is 55.6 Å². The Kier molecular flexibility index (Phi) is 6.30. The van der Waals surface area contributed by atoms with E-state index in [0.717, 1.165) is 11.3 Å². The molecule has 3 fully saturated rings. The van der Waals surface area contributed by atoms with Crippen LogP contribution in [-0.2, 0) is 13.1 Å². The lowest BCUT2D eigenvalue weighted by molar-refractivity contribution is -0.274. The molecule has 2 aromatic heterocycles. The first-order valence-corrected chi connectivity index (χ1v) is 13.7. The summed E-state index contributed by atoms with van der Waals surface area (Å²) in [4.78, 5) is 11.5. The molecule has 0 amide bonds. The van der Waals surface area contributed by atoms with Gasteiger partial charge < -0.3 is 14.5 Å². The maximum atomic E-state index is 12.9. The number of nitrogens with zero attached hydrogens (tertiary/aromatic N) is 8. The van der Waals surface area contributed by atoms with Crippen LogP contribution in [0.25, 0.3) is 5.69 Å². The zero-order valence-electron chi connectivity index (χ0n) is 22.0. The number of likely N-dealkylation sites (tertiary alicyclic amines) is 1. The van der Waals surface area contributed by atoms with Gasteiger partial charge in [0.1, 0.15) is 0 Å². The van der Waals surface area contributed by atoms with E-state index in [-0.39, 0.29) is 23.0 Å². The molecule has 7 rings (SSSR count). The topological polar surface area (TPSA) is 65.8 Å². The third kappa shape index (κ3) is 5.11. The van der Waals surface area contributed by atoms with E-state index in [1.165, 1.54) is 23.2 Å². The molecule has 4 aliphatic heterocycles. The molecule has 224 valence electrons. The number of halogens is 7.